The molecule has 4 atom stereocenters. The van der Waals surface area contributed by atoms with E-state index in [9.17, 15) is 9.59 Å². The van der Waals surface area contributed by atoms with Crippen LogP contribution in [0.15, 0.2) is 53.5 Å². The number of ether oxygens (including phenoxy) is 1. The fraction of sp³-hybridized carbons (Fsp3) is 0.348. The van der Waals surface area contributed by atoms with Gasteiger partial charge in [-0.2, -0.15) is 0 Å². The predicted molar refractivity (Wildman–Crippen MR) is 114 cm³/mol. The molecule has 150 valence electrons. The zero-order valence-electron chi connectivity index (χ0n) is 16.2. The second-order valence-electron chi connectivity index (χ2n) is 7.80. The van der Waals surface area contributed by atoms with E-state index in [1.54, 1.807) is 37.4 Å². The maximum Gasteiger partial charge on any atom is 0.335 e. The first kappa shape index (κ1) is 20.1. The third-order valence-electron chi connectivity index (χ3n) is 6.19. The molecule has 4 unspecified atom stereocenters. The molecule has 1 fully saturated rings. The topological polar surface area (TPSA) is 55.7 Å². The number of Topliss-reactive ketones (excluding diaryl/α,β-unsaturated/α-hetero) is 1. The van der Waals surface area contributed by atoms with Gasteiger partial charge in [-0.3, -0.25) is 9.79 Å². The van der Waals surface area contributed by atoms with Crippen LogP contribution >= 0.6 is 23.2 Å². The van der Waals surface area contributed by atoms with Crippen molar-refractivity contribution in [1.29, 1.82) is 0 Å². The lowest BCUT2D eigenvalue weighted by molar-refractivity contribution is -0.154. The van der Waals surface area contributed by atoms with Crippen LogP contribution in [0, 0.1) is 5.41 Å². The van der Waals surface area contributed by atoms with Gasteiger partial charge in [0.15, 0.2) is 5.54 Å². The summed E-state index contributed by atoms with van der Waals surface area (Å²) in [6.45, 7) is 3.87. The van der Waals surface area contributed by atoms with Crippen molar-refractivity contribution in [3.8, 4) is 0 Å². The number of nitrogens with zero attached hydrogens (tertiary/aromatic N) is 1. The Kier molecular flexibility index (Phi) is 5.04. The van der Waals surface area contributed by atoms with Crippen molar-refractivity contribution in [2.45, 2.75) is 37.6 Å². The number of hydrogen-bond donors (Lipinski definition) is 0. The summed E-state index contributed by atoms with van der Waals surface area (Å²) in [6.07, 6.45) is 1.86. The van der Waals surface area contributed by atoms with E-state index in [1.807, 2.05) is 31.2 Å². The van der Waals surface area contributed by atoms with Gasteiger partial charge in [0.1, 0.15) is 5.78 Å². The molecule has 0 radical (unpaired) electrons. The summed E-state index contributed by atoms with van der Waals surface area (Å²) < 4.78 is 5.52. The Hall–Kier alpha value is -2.17. The van der Waals surface area contributed by atoms with E-state index < -0.39 is 28.8 Å². The van der Waals surface area contributed by atoms with Crippen molar-refractivity contribution in [2.75, 3.05) is 6.61 Å². The summed E-state index contributed by atoms with van der Waals surface area (Å²) in [7, 11) is 0. The number of ketones is 1. The van der Waals surface area contributed by atoms with Crippen LogP contribution < -0.4 is 0 Å². The maximum absolute atomic E-state index is 13.4. The lowest BCUT2D eigenvalue weighted by Gasteiger charge is -2.47. The summed E-state index contributed by atoms with van der Waals surface area (Å²) in [6, 6.07) is 14.5. The second-order valence-corrected chi connectivity index (χ2v) is 8.68. The van der Waals surface area contributed by atoms with Gasteiger partial charge in [0, 0.05) is 34.5 Å². The van der Waals surface area contributed by atoms with Crippen molar-refractivity contribution in [1.82, 2.24) is 0 Å². The fourth-order valence-corrected chi connectivity index (χ4v) is 5.07. The number of carbonyl (C=O) groups is 2. The van der Waals surface area contributed by atoms with Crippen molar-refractivity contribution in [3.05, 3.63) is 69.7 Å². The average Bonchev–Trinajstić information content (AvgIpc) is 2.97. The monoisotopic (exact) mass is 429 g/mol. The Morgan fingerprint density at radius 3 is 2.17 bits per heavy atom. The number of benzene rings is 2. The van der Waals surface area contributed by atoms with Crippen LogP contribution in [-0.4, -0.2) is 30.1 Å². The summed E-state index contributed by atoms with van der Waals surface area (Å²) in [5.41, 5.74) is -0.422. The molecule has 1 aliphatic carbocycles. The van der Waals surface area contributed by atoms with Crippen LogP contribution in [0.1, 0.15) is 43.2 Å². The van der Waals surface area contributed by atoms with Gasteiger partial charge >= 0.3 is 5.97 Å². The molecule has 2 bridgehead atoms. The predicted octanol–water partition coefficient (Wildman–Crippen LogP) is 5.23. The van der Waals surface area contributed by atoms with Gasteiger partial charge in [-0.1, -0.05) is 47.5 Å². The lowest BCUT2D eigenvalue weighted by Crippen LogP contribution is -2.56. The van der Waals surface area contributed by atoms with E-state index in [2.05, 4.69) is 0 Å². The Morgan fingerprint density at radius 2 is 1.62 bits per heavy atom. The molecule has 1 aliphatic heterocycles. The summed E-state index contributed by atoms with van der Waals surface area (Å²) in [5, 5.41) is 1.18. The zero-order valence-corrected chi connectivity index (χ0v) is 17.7. The van der Waals surface area contributed by atoms with Gasteiger partial charge in [-0.15, -0.1) is 0 Å². The largest absolute Gasteiger partial charge is 0.464 e. The zero-order chi connectivity index (χ0) is 20.8. The molecule has 0 saturated heterocycles. The minimum atomic E-state index is -1.22. The lowest BCUT2D eigenvalue weighted by atomic mass is 9.54. The standard InChI is InChI=1S/C23H21Cl2NO3/c1-3-29-21(28)23-18(14-4-8-16(24)9-5-14)12-19(27)22(2,13-26-23)20(23)15-6-10-17(25)11-7-15/h4-11,13,18,20H,3,12H2,1-2H3. The highest BCUT2D eigenvalue weighted by Gasteiger charge is 2.68. The van der Waals surface area contributed by atoms with E-state index >= 15 is 0 Å². The maximum atomic E-state index is 13.4. The third kappa shape index (κ3) is 3.01. The highest BCUT2D eigenvalue weighted by atomic mass is 35.5. The van der Waals surface area contributed by atoms with Crippen molar-refractivity contribution in [3.63, 3.8) is 0 Å². The number of rotatable bonds is 4. The molecule has 0 spiro atoms. The smallest absolute Gasteiger partial charge is 0.335 e. The van der Waals surface area contributed by atoms with Crippen LogP contribution in [0.4, 0.5) is 0 Å². The molecule has 2 aliphatic rings. The first-order chi connectivity index (χ1) is 13.8. The molecule has 2 aromatic carbocycles. The van der Waals surface area contributed by atoms with Crippen LogP contribution in [0.5, 0.6) is 0 Å². The van der Waals surface area contributed by atoms with Gasteiger partial charge in [0.25, 0.3) is 0 Å². The molecule has 4 rings (SSSR count). The number of esters is 1. The Morgan fingerprint density at radius 1 is 1.07 bits per heavy atom. The van der Waals surface area contributed by atoms with Crippen LogP contribution in [0.2, 0.25) is 10.0 Å². The Balaban J connectivity index is 1.94. The minimum Gasteiger partial charge on any atom is -0.464 e. The molecule has 4 nitrogen and oxygen atoms in total. The van der Waals surface area contributed by atoms with Crippen molar-refractivity contribution < 1.29 is 14.3 Å². The number of hydrogen-bond acceptors (Lipinski definition) is 4. The van der Waals surface area contributed by atoms with Crippen LogP contribution in [0.25, 0.3) is 0 Å². The van der Waals surface area contributed by atoms with Crippen molar-refractivity contribution in [2.24, 2.45) is 10.4 Å². The molecule has 1 saturated carbocycles. The van der Waals surface area contributed by atoms with E-state index in [-0.39, 0.29) is 18.8 Å². The van der Waals surface area contributed by atoms with Crippen LogP contribution in [0.3, 0.4) is 0 Å². The van der Waals surface area contributed by atoms with E-state index in [0.717, 1.165) is 11.1 Å². The number of halogens is 2. The van der Waals surface area contributed by atoms with Gasteiger partial charge in [0.2, 0.25) is 0 Å². The van der Waals surface area contributed by atoms with Crippen molar-refractivity contribution >= 4 is 41.2 Å². The summed E-state index contributed by atoms with van der Waals surface area (Å²) >= 11 is 12.2. The van der Waals surface area contributed by atoms with E-state index in [0.29, 0.717) is 10.0 Å². The van der Waals surface area contributed by atoms with Gasteiger partial charge in [-0.05, 0) is 49.2 Å². The Labute approximate surface area is 179 Å². The summed E-state index contributed by atoms with van der Waals surface area (Å²) in [5.74, 6) is -1.28. The molecular weight excluding hydrogens is 409 g/mol. The molecule has 29 heavy (non-hydrogen) atoms. The van der Waals surface area contributed by atoms with Gasteiger partial charge in [0.05, 0.1) is 12.0 Å². The second kappa shape index (κ2) is 7.26. The number of fused-ring (bicyclic) bond motifs is 2. The van der Waals surface area contributed by atoms with E-state index in [1.165, 1.54) is 0 Å². The minimum absolute atomic E-state index is 0.0542. The van der Waals surface area contributed by atoms with Crippen LogP contribution in [-0.2, 0) is 14.3 Å². The summed E-state index contributed by atoms with van der Waals surface area (Å²) in [4.78, 5) is 31.5. The SMILES string of the molecule is CCOC(=O)C12N=CC(C)(C(=O)CC1c1ccc(Cl)cc1)C2c1ccc(Cl)cc1. The van der Waals surface area contributed by atoms with Gasteiger partial charge < -0.3 is 4.74 Å². The van der Waals surface area contributed by atoms with Gasteiger partial charge in [-0.25, -0.2) is 4.79 Å². The molecule has 1 heterocycles. The molecule has 2 aromatic rings. The molecular formula is C23H21Cl2NO3. The first-order valence-electron chi connectivity index (χ1n) is 9.60. The molecule has 0 N–H and O–H groups in total. The number of carbonyl (C=O) groups excluding carboxylic acids is 2. The normalized spacial score (nSPS) is 30.4. The molecule has 0 amide bonds. The first-order valence-corrected chi connectivity index (χ1v) is 10.4. The highest BCUT2D eigenvalue weighted by molar-refractivity contribution is 6.30. The molecule has 6 heteroatoms. The fourth-order valence-electron chi connectivity index (χ4n) is 4.81. The van der Waals surface area contributed by atoms with E-state index in [4.69, 9.17) is 32.9 Å². The highest BCUT2D eigenvalue weighted by Crippen LogP contribution is 2.61. The average molecular weight is 430 g/mol. The Bertz CT molecular complexity index is 986. The number of aliphatic imine (C=N–C) groups is 1. The third-order valence-corrected chi connectivity index (χ3v) is 6.69. The molecule has 0 aromatic heterocycles. The quantitative estimate of drug-likeness (QED) is 0.625.